The summed E-state index contributed by atoms with van der Waals surface area (Å²) in [4.78, 5) is 12.4. The number of allylic oxidation sites excluding steroid dienone is 2. The van der Waals surface area contributed by atoms with Crippen molar-refractivity contribution in [3.05, 3.63) is 77.1 Å². The summed E-state index contributed by atoms with van der Waals surface area (Å²) < 4.78 is 11.4. The molecule has 0 aliphatic carbocycles. The first-order valence-electron chi connectivity index (χ1n) is 7.53. The van der Waals surface area contributed by atoms with Gasteiger partial charge < -0.3 is 9.47 Å². The fraction of sp³-hybridized carbons (Fsp3) is 0.150. The summed E-state index contributed by atoms with van der Waals surface area (Å²) in [6.07, 6.45) is 3.76. The van der Waals surface area contributed by atoms with Crippen LogP contribution in [0.5, 0.6) is 11.5 Å². The van der Waals surface area contributed by atoms with E-state index in [1.165, 1.54) is 5.57 Å². The average Bonchev–Trinajstić information content (AvgIpc) is 2.84. The fourth-order valence-electron chi connectivity index (χ4n) is 2.26. The van der Waals surface area contributed by atoms with E-state index in [0.717, 1.165) is 5.56 Å². The van der Waals surface area contributed by atoms with Gasteiger partial charge in [0.25, 0.3) is 0 Å². The van der Waals surface area contributed by atoms with Gasteiger partial charge in [-0.1, -0.05) is 35.9 Å². The molecule has 23 heavy (non-hydrogen) atoms. The molecule has 116 valence electrons. The predicted octanol–water partition coefficient (Wildman–Crippen LogP) is 4.65. The largest absolute Gasteiger partial charge is 0.489 e. The molecule has 0 fully saturated rings. The van der Waals surface area contributed by atoms with Crippen molar-refractivity contribution in [1.82, 2.24) is 0 Å². The van der Waals surface area contributed by atoms with E-state index in [9.17, 15) is 4.79 Å². The highest BCUT2D eigenvalue weighted by atomic mass is 16.5. The van der Waals surface area contributed by atoms with Gasteiger partial charge in [0.2, 0.25) is 5.78 Å². The Morgan fingerprint density at radius 2 is 1.91 bits per heavy atom. The average molecular weight is 306 g/mol. The van der Waals surface area contributed by atoms with Crippen molar-refractivity contribution in [3.8, 4) is 11.5 Å². The minimum atomic E-state index is -0.0975. The number of carbonyl (C=O) groups excluding carboxylic acids is 1. The maximum absolute atomic E-state index is 12.4. The Bertz CT molecular complexity index is 782. The van der Waals surface area contributed by atoms with Gasteiger partial charge in [-0.25, -0.2) is 0 Å². The second-order valence-corrected chi connectivity index (χ2v) is 5.60. The summed E-state index contributed by atoms with van der Waals surface area (Å²) in [7, 11) is 0. The lowest BCUT2D eigenvalue weighted by Gasteiger charge is -2.05. The Labute approximate surface area is 135 Å². The van der Waals surface area contributed by atoms with Crippen LogP contribution < -0.4 is 9.47 Å². The normalized spacial score (nSPS) is 14.3. The van der Waals surface area contributed by atoms with Gasteiger partial charge in [-0.15, -0.1) is 0 Å². The van der Waals surface area contributed by atoms with Crippen LogP contribution >= 0.6 is 0 Å². The standard InChI is InChI=1S/C20H18O3/c1-14(2)10-11-22-16-8-9-17-18(13-16)23-19(20(17)21)12-15-6-4-3-5-7-15/h3-10,12-13H,11H2,1-2H3/b19-12-. The molecule has 0 bridgehead atoms. The Morgan fingerprint density at radius 1 is 1.13 bits per heavy atom. The lowest BCUT2D eigenvalue weighted by molar-refractivity contribution is 0.101. The Hall–Kier alpha value is -2.81. The third kappa shape index (κ3) is 3.51. The second-order valence-electron chi connectivity index (χ2n) is 5.60. The van der Waals surface area contributed by atoms with Crippen LogP contribution in [0.3, 0.4) is 0 Å². The molecule has 2 aromatic carbocycles. The zero-order valence-corrected chi connectivity index (χ0v) is 13.2. The second kappa shape index (κ2) is 6.53. The van der Waals surface area contributed by atoms with E-state index in [4.69, 9.17) is 9.47 Å². The third-order valence-corrected chi connectivity index (χ3v) is 3.48. The van der Waals surface area contributed by atoms with Gasteiger partial charge in [-0.3, -0.25) is 4.79 Å². The van der Waals surface area contributed by atoms with E-state index in [0.29, 0.717) is 29.4 Å². The van der Waals surface area contributed by atoms with Gasteiger partial charge in [0.15, 0.2) is 5.76 Å². The van der Waals surface area contributed by atoms with Crippen molar-refractivity contribution in [2.24, 2.45) is 0 Å². The molecule has 3 nitrogen and oxygen atoms in total. The molecular formula is C20H18O3. The summed E-state index contributed by atoms with van der Waals surface area (Å²) in [5, 5.41) is 0. The highest BCUT2D eigenvalue weighted by Crippen LogP contribution is 2.34. The number of rotatable bonds is 4. The minimum absolute atomic E-state index is 0.0975. The molecule has 0 N–H and O–H groups in total. The number of hydrogen-bond acceptors (Lipinski definition) is 3. The lowest BCUT2D eigenvalue weighted by Crippen LogP contribution is -1.97. The number of carbonyl (C=O) groups is 1. The molecule has 3 heteroatoms. The van der Waals surface area contributed by atoms with E-state index in [1.807, 2.05) is 50.3 Å². The van der Waals surface area contributed by atoms with E-state index in [2.05, 4.69) is 0 Å². The maximum Gasteiger partial charge on any atom is 0.231 e. The molecule has 1 aliphatic rings. The lowest BCUT2D eigenvalue weighted by atomic mass is 10.1. The SMILES string of the molecule is CC(C)=CCOc1ccc2c(c1)O/C(=C\c1ccccc1)C2=O. The molecular weight excluding hydrogens is 288 g/mol. The first-order valence-corrected chi connectivity index (χ1v) is 7.53. The van der Waals surface area contributed by atoms with E-state index in [-0.39, 0.29) is 5.78 Å². The van der Waals surface area contributed by atoms with Crippen molar-refractivity contribution in [3.63, 3.8) is 0 Å². The number of ketones is 1. The molecule has 0 spiro atoms. The molecule has 2 aromatic rings. The molecule has 0 saturated carbocycles. The van der Waals surface area contributed by atoms with Gasteiger partial charge in [-0.05, 0) is 43.7 Å². The molecule has 0 aromatic heterocycles. The highest BCUT2D eigenvalue weighted by molar-refractivity contribution is 6.14. The highest BCUT2D eigenvalue weighted by Gasteiger charge is 2.27. The first kappa shape index (κ1) is 15.1. The molecule has 0 unspecified atom stereocenters. The molecule has 3 rings (SSSR count). The van der Waals surface area contributed by atoms with Crippen LogP contribution in [0.15, 0.2) is 65.9 Å². The smallest absolute Gasteiger partial charge is 0.231 e. The molecule has 1 heterocycles. The number of hydrogen-bond donors (Lipinski definition) is 0. The summed E-state index contributed by atoms with van der Waals surface area (Å²) in [5.41, 5.74) is 2.70. The molecule has 1 aliphatic heterocycles. The van der Waals surface area contributed by atoms with Crippen molar-refractivity contribution in [2.45, 2.75) is 13.8 Å². The van der Waals surface area contributed by atoms with Gasteiger partial charge in [0.05, 0.1) is 5.56 Å². The van der Waals surface area contributed by atoms with Gasteiger partial charge in [0, 0.05) is 6.07 Å². The zero-order valence-electron chi connectivity index (χ0n) is 13.2. The summed E-state index contributed by atoms with van der Waals surface area (Å²) >= 11 is 0. The zero-order chi connectivity index (χ0) is 16.2. The first-order chi connectivity index (χ1) is 11.1. The third-order valence-electron chi connectivity index (χ3n) is 3.48. The summed E-state index contributed by atoms with van der Waals surface area (Å²) in [5.74, 6) is 1.48. The molecule has 0 atom stereocenters. The molecule has 0 amide bonds. The van der Waals surface area contributed by atoms with Crippen LogP contribution in [0.2, 0.25) is 0 Å². The number of fused-ring (bicyclic) bond motifs is 1. The minimum Gasteiger partial charge on any atom is -0.489 e. The van der Waals surface area contributed by atoms with Crippen LogP contribution in [0.1, 0.15) is 29.8 Å². The Kier molecular flexibility index (Phi) is 4.29. The number of ether oxygens (including phenoxy) is 2. The fourth-order valence-corrected chi connectivity index (χ4v) is 2.26. The van der Waals surface area contributed by atoms with Crippen LogP contribution in [0.4, 0.5) is 0 Å². The van der Waals surface area contributed by atoms with Gasteiger partial charge >= 0.3 is 0 Å². The monoisotopic (exact) mass is 306 g/mol. The number of Topliss-reactive ketones (excluding diaryl/α,β-unsaturated/α-hetero) is 1. The number of benzene rings is 2. The van der Waals surface area contributed by atoms with E-state index >= 15 is 0 Å². The van der Waals surface area contributed by atoms with Crippen molar-refractivity contribution in [1.29, 1.82) is 0 Å². The van der Waals surface area contributed by atoms with Crippen LogP contribution in [0, 0.1) is 0 Å². The summed E-state index contributed by atoms with van der Waals surface area (Å²) in [6.45, 7) is 4.55. The van der Waals surface area contributed by atoms with E-state index < -0.39 is 0 Å². The van der Waals surface area contributed by atoms with Crippen molar-refractivity contribution < 1.29 is 14.3 Å². The van der Waals surface area contributed by atoms with Gasteiger partial charge in [-0.2, -0.15) is 0 Å². The van der Waals surface area contributed by atoms with Crippen molar-refractivity contribution in [2.75, 3.05) is 6.61 Å². The topological polar surface area (TPSA) is 35.5 Å². The van der Waals surface area contributed by atoms with E-state index in [1.54, 1.807) is 24.3 Å². The van der Waals surface area contributed by atoms with Crippen LogP contribution in [-0.2, 0) is 0 Å². The quantitative estimate of drug-likeness (QED) is 0.609. The predicted molar refractivity (Wildman–Crippen MR) is 90.7 cm³/mol. The van der Waals surface area contributed by atoms with Crippen LogP contribution in [0.25, 0.3) is 6.08 Å². The Balaban J connectivity index is 1.80. The molecule has 0 saturated heterocycles. The summed E-state index contributed by atoms with van der Waals surface area (Å²) in [6, 6.07) is 15.0. The maximum atomic E-state index is 12.4. The Morgan fingerprint density at radius 3 is 2.65 bits per heavy atom. The van der Waals surface area contributed by atoms with Crippen LogP contribution in [-0.4, -0.2) is 12.4 Å². The van der Waals surface area contributed by atoms with Crippen molar-refractivity contribution >= 4 is 11.9 Å². The molecule has 0 radical (unpaired) electrons. The van der Waals surface area contributed by atoms with Gasteiger partial charge in [0.1, 0.15) is 18.1 Å².